The average Bonchev–Trinajstić information content (AvgIpc) is 2.75. The van der Waals surface area contributed by atoms with E-state index in [0.717, 1.165) is 51.6 Å². The van der Waals surface area contributed by atoms with Crippen molar-refractivity contribution in [3.8, 4) is 17.2 Å². The Bertz CT molecular complexity index is 1200. The zero-order chi connectivity index (χ0) is 26.1. The smallest absolute Gasteiger partial charge is 0.127 e. The van der Waals surface area contributed by atoms with E-state index in [2.05, 4.69) is 0 Å². The average molecular weight is 493 g/mol. The third-order valence-corrected chi connectivity index (χ3v) is 6.69. The van der Waals surface area contributed by atoms with E-state index in [1.165, 1.54) is 36.4 Å². The zero-order valence-electron chi connectivity index (χ0n) is 20.3. The number of rotatable bonds is 6. The van der Waals surface area contributed by atoms with Crippen molar-refractivity contribution < 1.29 is 28.5 Å². The van der Waals surface area contributed by atoms with E-state index >= 15 is 0 Å². The fourth-order valence-electron chi connectivity index (χ4n) is 5.00. The lowest BCUT2D eigenvalue weighted by Gasteiger charge is -2.23. The van der Waals surface area contributed by atoms with Crippen LogP contribution in [-0.4, -0.2) is 15.3 Å². The largest absolute Gasteiger partial charge is 0.508 e. The lowest BCUT2D eigenvalue weighted by atomic mass is 9.81. The summed E-state index contributed by atoms with van der Waals surface area (Å²) in [6.45, 7) is 5.84. The van der Waals surface area contributed by atoms with E-state index in [-0.39, 0.29) is 17.2 Å². The van der Waals surface area contributed by atoms with Crippen LogP contribution in [0.15, 0.2) is 54.6 Å². The second-order valence-electron chi connectivity index (χ2n) is 9.29. The summed E-state index contributed by atoms with van der Waals surface area (Å²) in [5.74, 6) is -2.13. The Kier molecular flexibility index (Phi) is 6.97. The quantitative estimate of drug-likeness (QED) is 0.274. The molecule has 0 spiro atoms. The summed E-state index contributed by atoms with van der Waals surface area (Å²) in [6.07, 6.45) is 1.02. The summed E-state index contributed by atoms with van der Waals surface area (Å²) in [7, 11) is 0. The van der Waals surface area contributed by atoms with E-state index in [1.807, 2.05) is 20.8 Å². The van der Waals surface area contributed by atoms with Gasteiger partial charge in [0.1, 0.15) is 34.7 Å². The number of hydrogen-bond acceptors (Lipinski definition) is 3. The summed E-state index contributed by atoms with van der Waals surface area (Å²) in [4.78, 5) is 0. The van der Waals surface area contributed by atoms with Gasteiger partial charge in [-0.1, -0.05) is 0 Å². The molecule has 0 atom stereocenters. The van der Waals surface area contributed by atoms with Crippen LogP contribution in [0.4, 0.5) is 13.2 Å². The van der Waals surface area contributed by atoms with Crippen LogP contribution in [0.5, 0.6) is 17.2 Å². The van der Waals surface area contributed by atoms with Crippen LogP contribution >= 0.6 is 0 Å². The summed E-state index contributed by atoms with van der Waals surface area (Å²) >= 11 is 0. The molecule has 4 aromatic carbocycles. The van der Waals surface area contributed by atoms with Gasteiger partial charge in [-0.2, -0.15) is 0 Å². The number of phenols is 3. The molecule has 0 saturated heterocycles. The van der Waals surface area contributed by atoms with Gasteiger partial charge < -0.3 is 15.3 Å². The molecule has 0 bridgehead atoms. The monoisotopic (exact) mass is 492 g/mol. The van der Waals surface area contributed by atoms with Crippen molar-refractivity contribution in [2.75, 3.05) is 0 Å². The van der Waals surface area contributed by atoms with Gasteiger partial charge >= 0.3 is 0 Å². The molecule has 0 radical (unpaired) electrons. The SMILES string of the molecule is Cc1c(Cc2cc(O)cc(F)c2)c(C)c(Cc2cc(O)cc(F)c2)c(C)c1Cc1cc(O)cc(F)c1. The van der Waals surface area contributed by atoms with Gasteiger partial charge in [0.15, 0.2) is 0 Å². The van der Waals surface area contributed by atoms with Crippen molar-refractivity contribution in [3.05, 3.63) is 122 Å². The van der Waals surface area contributed by atoms with Gasteiger partial charge in [-0.25, -0.2) is 13.2 Å². The number of aromatic hydroxyl groups is 3. The predicted molar refractivity (Wildman–Crippen MR) is 133 cm³/mol. The number of benzene rings is 4. The fourth-order valence-corrected chi connectivity index (χ4v) is 5.00. The molecular formula is C30H27F3O3. The van der Waals surface area contributed by atoms with Gasteiger partial charge in [0, 0.05) is 18.2 Å². The van der Waals surface area contributed by atoms with E-state index in [4.69, 9.17) is 0 Å². The third-order valence-electron chi connectivity index (χ3n) is 6.69. The molecule has 36 heavy (non-hydrogen) atoms. The molecule has 6 heteroatoms. The summed E-state index contributed by atoms with van der Waals surface area (Å²) < 4.78 is 42.0. The lowest BCUT2D eigenvalue weighted by Crippen LogP contribution is -2.10. The molecule has 0 saturated carbocycles. The Morgan fingerprint density at radius 3 is 0.917 bits per heavy atom. The van der Waals surface area contributed by atoms with E-state index in [1.54, 1.807) is 0 Å². The molecular weight excluding hydrogens is 465 g/mol. The molecule has 3 nitrogen and oxygen atoms in total. The normalized spacial score (nSPS) is 11.2. The molecule has 0 aromatic heterocycles. The fraction of sp³-hybridized carbons (Fsp3) is 0.200. The maximum absolute atomic E-state index is 14.0. The van der Waals surface area contributed by atoms with E-state index in [9.17, 15) is 28.5 Å². The molecule has 4 rings (SSSR count). The van der Waals surface area contributed by atoms with Crippen molar-refractivity contribution in [1.29, 1.82) is 0 Å². The van der Waals surface area contributed by atoms with Crippen LogP contribution in [0.3, 0.4) is 0 Å². The molecule has 0 amide bonds. The second kappa shape index (κ2) is 9.97. The molecule has 0 aliphatic heterocycles. The van der Waals surface area contributed by atoms with Gasteiger partial charge in [0.2, 0.25) is 0 Å². The van der Waals surface area contributed by atoms with Crippen molar-refractivity contribution in [2.45, 2.75) is 40.0 Å². The minimum absolute atomic E-state index is 0.168. The first kappa shape index (κ1) is 25.2. The molecule has 0 fully saturated rings. The molecule has 186 valence electrons. The molecule has 0 unspecified atom stereocenters. The van der Waals surface area contributed by atoms with E-state index < -0.39 is 17.5 Å². The van der Waals surface area contributed by atoms with Crippen LogP contribution in [0, 0.1) is 38.2 Å². The minimum Gasteiger partial charge on any atom is -0.508 e. The third kappa shape index (κ3) is 5.48. The molecule has 4 aromatic rings. The van der Waals surface area contributed by atoms with Crippen molar-refractivity contribution >= 4 is 0 Å². The Hall–Kier alpha value is -3.93. The first-order valence-electron chi connectivity index (χ1n) is 11.6. The van der Waals surface area contributed by atoms with Crippen LogP contribution in [0.1, 0.15) is 50.1 Å². The Morgan fingerprint density at radius 2 is 0.694 bits per heavy atom. The van der Waals surface area contributed by atoms with Crippen LogP contribution in [0.2, 0.25) is 0 Å². The van der Waals surface area contributed by atoms with Crippen LogP contribution in [0.25, 0.3) is 0 Å². The summed E-state index contributed by atoms with van der Waals surface area (Å²) in [5.41, 5.74) is 7.31. The molecule has 0 heterocycles. The maximum Gasteiger partial charge on any atom is 0.127 e. The van der Waals surface area contributed by atoms with Gasteiger partial charge in [0.25, 0.3) is 0 Å². The highest BCUT2D eigenvalue weighted by atomic mass is 19.1. The topological polar surface area (TPSA) is 60.7 Å². The Labute approximate surface area is 208 Å². The van der Waals surface area contributed by atoms with Gasteiger partial charge in [-0.05, 0) is 127 Å². The van der Waals surface area contributed by atoms with E-state index in [0.29, 0.717) is 36.0 Å². The van der Waals surface area contributed by atoms with Crippen molar-refractivity contribution in [2.24, 2.45) is 0 Å². The van der Waals surface area contributed by atoms with Crippen molar-refractivity contribution in [1.82, 2.24) is 0 Å². The number of phenolic OH excluding ortho intramolecular Hbond substituents is 3. The Morgan fingerprint density at radius 1 is 0.444 bits per heavy atom. The highest BCUT2D eigenvalue weighted by Crippen LogP contribution is 2.34. The molecule has 0 aliphatic carbocycles. The van der Waals surface area contributed by atoms with Gasteiger partial charge in [-0.3, -0.25) is 0 Å². The molecule has 0 aliphatic rings. The maximum atomic E-state index is 14.0. The van der Waals surface area contributed by atoms with Gasteiger partial charge in [-0.15, -0.1) is 0 Å². The van der Waals surface area contributed by atoms with Gasteiger partial charge in [0.05, 0.1) is 0 Å². The standard InChI is InChI=1S/C30H27F3O3/c1-16-28(10-19-4-22(31)13-25(34)7-19)17(2)30(12-21-6-24(33)15-27(36)9-21)18(3)29(16)11-20-5-23(32)14-26(35)8-20/h4-9,13-15,34-36H,10-12H2,1-3H3. The Balaban J connectivity index is 1.88. The zero-order valence-corrected chi connectivity index (χ0v) is 20.3. The second-order valence-corrected chi connectivity index (χ2v) is 9.29. The lowest BCUT2D eigenvalue weighted by molar-refractivity contribution is 0.467. The first-order chi connectivity index (χ1) is 17.0. The van der Waals surface area contributed by atoms with Crippen LogP contribution < -0.4 is 0 Å². The molecule has 3 N–H and O–H groups in total. The highest BCUT2D eigenvalue weighted by Gasteiger charge is 2.19. The summed E-state index contributed by atoms with van der Waals surface area (Å²) in [6, 6.07) is 11.8. The predicted octanol–water partition coefficient (Wildman–Crippen LogP) is 6.92. The first-order valence-corrected chi connectivity index (χ1v) is 11.6. The minimum atomic E-state index is -0.543. The number of halogens is 3. The van der Waals surface area contributed by atoms with Crippen LogP contribution in [-0.2, 0) is 19.3 Å². The summed E-state index contributed by atoms with van der Waals surface area (Å²) in [5, 5.41) is 29.7. The van der Waals surface area contributed by atoms with Crippen molar-refractivity contribution in [3.63, 3.8) is 0 Å². The number of hydrogen-bond donors (Lipinski definition) is 3. The highest BCUT2D eigenvalue weighted by molar-refractivity contribution is 5.55.